The molecule has 1 aliphatic rings. The van der Waals surface area contributed by atoms with Gasteiger partial charge in [0, 0.05) is 29.4 Å². The van der Waals surface area contributed by atoms with Crippen LogP contribution in [-0.2, 0) is 9.53 Å². The van der Waals surface area contributed by atoms with Crippen LogP contribution in [0, 0.1) is 0 Å². The first kappa shape index (κ1) is 14.2. The first-order valence-corrected chi connectivity index (χ1v) is 8.49. The third-order valence-electron chi connectivity index (χ3n) is 3.27. The van der Waals surface area contributed by atoms with Crippen LogP contribution in [0.2, 0.25) is 0 Å². The Hall–Kier alpha value is -1.73. The number of carbonyl (C=O) groups excluding carboxylic acids is 2. The number of likely N-dealkylation sites (tertiary alicyclic amines) is 1. The number of carbonyl (C=O) groups is 2. The van der Waals surface area contributed by atoms with Crippen LogP contribution in [-0.4, -0.2) is 41.5 Å². The van der Waals surface area contributed by atoms with Gasteiger partial charge in [0.2, 0.25) is 0 Å². The SMILES string of the molecule is O=C(OCC(=O)N1CCCC1)c1csc(-c2ccsc2)n1. The second kappa shape index (κ2) is 6.36. The smallest absolute Gasteiger partial charge is 0.358 e. The van der Waals surface area contributed by atoms with Gasteiger partial charge in [0.25, 0.3) is 5.91 Å². The lowest BCUT2D eigenvalue weighted by molar-refractivity contribution is -0.133. The van der Waals surface area contributed by atoms with Crippen molar-refractivity contribution in [2.75, 3.05) is 19.7 Å². The van der Waals surface area contributed by atoms with Gasteiger partial charge in [0.15, 0.2) is 12.3 Å². The van der Waals surface area contributed by atoms with Gasteiger partial charge in [-0.2, -0.15) is 11.3 Å². The number of hydrogen-bond acceptors (Lipinski definition) is 6. The van der Waals surface area contributed by atoms with Crippen molar-refractivity contribution in [1.29, 1.82) is 0 Å². The van der Waals surface area contributed by atoms with Crippen LogP contribution in [0.1, 0.15) is 23.3 Å². The normalized spacial score (nSPS) is 14.4. The Morgan fingerprint density at radius 3 is 2.81 bits per heavy atom. The Morgan fingerprint density at radius 2 is 2.10 bits per heavy atom. The van der Waals surface area contributed by atoms with E-state index in [0.717, 1.165) is 36.5 Å². The van der Waals surface area contributed by atoms with Gasteiger partial charge in [0.1, 0.15) is 5.01 Å². The summed E-state index contributed by atoms with van der Waals surface area (Å²) < 4.78 is 5.05. The molecule has 0 spiro atoms. The van der Waals surface area contributed by atoms with E-state index in [2.05, 4.69) is 4.98 Å². The Labute approximate surface area is 130 Å². The molecule has 1 amide bonds. The molecule has 1 saturated heterocycles. The highest BCUT2D eigenvalue weighted by molar-refractivity contribution is 7.14. The third-order valence-corrected chi connectivity index (χ3v) is 4.84. The van der Waals surface area contributed by atoms with E-state index in [1.807, 2.05) is 16.8 Å². The minimum absolute atomic E-state index is 0.130. The number of hydrogen-bond donors (Lipinski definition) is 0. The van der Waals surface area contributed by atoms with E-state index in [4.69, 9.17) is 4.74 Å². The van der Waals surface area contributed by atoms with Crippen LogP contribution in [0.25, 0.3) is 10.6 Å². The van der Waals surface area contributed by atoms with Crippen LogP contribution in [0.3, 0.4) is 0 Å². The van der Waals surface area contributed by atoms with Crippen LogP contribution >= 0.6 is 22.7 Å². The third kappa shape index (κ3) is 3.30. The highest BCUT2D eigenvalue weighted by atomic mass is 32.1. The fourth-order valence-electron chi connectivity index (χ4n) is 2.15. The van der Waals surface area contributed by atoms with Gasteiger partial charge in [0.05, 0.1) is 0 Å². The highest BCUT2D eigenvalue weighted by Gasteiger charge is 2.20. The quantitative estimate of drug-likeness (QED) is 0.812. The molecule has 5 nitrogen and oxygen atoms in total. The fourth-order valence-corrected chi connectivity index (χ4v) is 3.65. The molecule has 0 saturated carbocycles. The number of aromatic nitrogens is 1. The molecule has 0 aromatic carbocycles. The van der Waals surface area contributed by atoms with Crippen LogP contribution in [0.15, 0.2) is 22.2 Å². The van der Waals surface area contributed by atoms with E-state index in [1.54, 1.807) is 21.6 Å². The molecular formula is C14H14N2O3S2. The number of nitrogens with zero attached hydrogens (tertiary/aromatic N) is 2. The van der Waals surface area contributed by atoms with Crippen LogP contribution < -0.4 is 0 Å². The predicted molar refractivity (Wildman–Crippen MR) is 81.5 cm³/mol. The summed E-state index contributed by atoms with van der Waals surface area (Å²) in [5.41, 5.74) is 1.26. The molecule has 2 aromatic rings. The average molecular weight is 322 g/mol. The summed E-state index contributed by atoms with van der Waals surface area (Å²) in [7, 11) is 0. The standard InChI is InChI=1S/C14H14N2O3S2/c17-12(16-4-1-2-5-16)7-19-14(18)11-9-21-13(15-11)10-3-6-20-8-10/h3,6,8-9H,1-2,4-5,7H2. The summed E-state index contributed by atoms with van der Waals surface area (Å²) >= 11 is 2.98. The zero-order valence-corrected chi connectivity index (χ0v) is 12.9. The van der Waals surface area contributed by atoms with E-state index in [-0.39, 0.29) is 18.2 Å². The Balaban J connectivity index is 1.57. The lowest BCUT2D eigenvalue weighted by Crippen LogP contribution is -2.32. The molecule has 0 bridgehead atoms. The van der Waals surface area contributed by atoms with Gasteiger partial charge < -0.3 is 9.64 Å². The largest absolute Gasteiger partial charge is 0.451 e. The average Bonchev–Trinajstić information content (AvgIpc) is 3.25. The summed E-state index contributed by atoms with van der Waals surface area (Å²) in [5, 5.41) is 6.39. The molecule has 2 aromatic heterocycles. The Kier molecular flexibility index (Phi) is 4.31. The van der Waals surface area contributed by atoms with Crippen LogP contribution in [0.5, 0.6) is 0 Å². The maximum absolute atomic E-state index is 11.9. The van der Waals surface area contributed by atoms with Gasteiger partial charge in [-0.15, -0.1) is 11.3 Å². The number of amides is 1. The van der Waals surface area contributed by atoms with E-state index in [9.17, 15) is 9.59 Å². The summed E-state index contributed by atoms with van der Waals surface area (Å²) in [6.45, 7) is 1.31. The lowest BCUT2D eigenvalue weighted by Gasteiger charge is -2.14. The molecule has 0 unspecified atom stereocenters. The zero-order chi connectivity index (χ0) is 14.7. The molecule has 3 heterocycles. The number of ether oxygens (including phenoxy) is 1. The predicted octanol–water partition coefficient (Wildman–Crippen LogP) is 2.65. The molecule has 1 fully saturated rings. The van der Waals surface area contributed by atoms with Gasteiger partial charge in [-0.25, -0.2) is 9.78 Å². The summed E-state index contributed by atoms with van der Waals surface area (Å²) in [6.07, 6.45) is 2.05. The van der Waals surface area contributed by atoms with Gasteiger partial charge in [-0.3, -0.25) is 4.79 Å². The maximum Gasteiger partial charge on any atom is 0.358 e. The zero-order valence-electron chi connectivity index (χ0n) is 11.3. The summed E-state index contributed by atoms with van der Waals surface area (Å²) in [5.74, 6) is -0.672. The molecule has 1 aliphatic heterocycles. The molecule has 3 rings (SSSR count). The van der Waals surface area contributed by atoms with Gasteiger partial charge >= 0.3 is 5.97 Å². The molecular weight excluding hydrogens is 308 g/mol. The lowest BCUT2D eigenvalue weighted by atomic mass is 10.3. The molecule has 0 atom stereocenters. The molecule has 110 valence electrons. The summed E-state index contributed by atoms with van der Waals surface area (Å²) in [4.78, 5) is 29.7. The van der Waals surface area contributed by atoms with Crippen LogP contribution in [0.4, 0.5) is 0 Å². The van der Waals surface area contributed by atoms with Crippen molar-refractivity contribution < 1.29 is 14.3 Å². The topological polar surface area (TPSA) is 59.5 Å². The van der Waals surface area contributed by atoms with Gasteiger partial charge in [-0.1, -0.05) is 0 Å². The molecule has 0 radical (unpaired) electrons. The highest BCUT2D eigenvalue weighted by Crippen LogP contribution is 2.25. The van der Waals surface area contributed by atoms with Gasteiger partial charge in [-0.05, 0) is 24.3 Å². The molecule has 0 aliphatic carbocycles. The summed E-state index contributed by atoms with van der Waals surface area (Å²) in [6, 6.07) is 1.95. The molecule has 7 heteroatoms. The van der Waals surface area contributed by atoms with E-state index < -0.39 is 5.97 Å². The van der Waals surface area contributed by atoms with Crippen molar-refractivity contribution >= 4 is 34.6 Å². The molecule has 0 N–H and O–H groups in total. The monoisotopic (exact) mass is 322 g/mol. The first-order valence-electron chi connectivity index (χ1n) is 6.67. The maximum atomic E-state index is 11.9. The van der Waals surface area contributed by atoms with Crippen molar-refractivity contribution in [1.82, 2.24) is 9.88 Å². The number of thiazole rings is 1. The number of thiophene rings is 1. The molecule has 21 heavy (non-hydrogen) atoms. The first-order chi connectivity index (χ1) is 10.2. The van der Waals surface area contributed by atoms with Crippen molar-refractivity contribution in [2.24, 2.45) is 0 Å². The van der Waals surface area contributed by atoms with Crippen molar-refractivity contribution in [3.05, 3.63) is 27.9 Å². The minimum Gasteiger partial charge on any atom is -0.451 e. The van der Waals surface area contributed by atoms with E-state index in [1.165, 1.54) is 11.3 Å². The van der Waals surface area contributed by atoms with E-state index in [0.29, 0.717) is 0 Å². The Morgan fingerprint density at radius 1 is 1.29 bits per heavy atom. The fraction of sp³-hybridized carbons (Fsp3) is 0.357. The van der Waals surface area contributed by atoms with Crippen molar-refractivity contribution in [3.8, 4) is 10.6 Å². The van der Waals surface area contributed by atoms with Crippen molar-refractivity contribution in [3.63, 3.8) is 0 Å². The number of esters is 1. The second-order valence-electron chi connectivity index (χ2n) is 4.71. The van der Waals surface area contributed by atoms with Crippen molar-refractivity contribution in [2.45, 2.75) is 12.8 Å². The minimum atomic E-state index is -0.541. The second-order valence-corrected chi connectivity index (χ2v) is 6.35. The number of rotatable bonds is 4. The Bertz CT molecular complexity index is 630. The van der Waals surface area contributed by atoms with E-state index >= 15 is 0 Å².